The molecule has 0 unspecified atom stereocenters. The highest BCUT2D eigenvalue weighted by atomic mass is 35.5. The van der Waals surface area contributed by atoms with Gasteiger partial charge in [0.1, 0.15) is 6.54 Å². The molecule has 0 aliphatic carbocycles. The predicted molar refractivity (Wildman–Crippen MR) is 76.4 cm³/mol. The molecule has 0 fully saturated rings. The zero-order valence-corrected chi connectivity index (χ0v) is 12.1. The van der Waals surface area contributed by atoms with E-state index in [-0.39, 0.29) is 24.9 Å². The Morgan fingerprint density at radius 3 is 2.53 bits per heavy atom. The van der Waals surface area contributed by atoms with Crippen LogP contribution < -0.4 is 5.73 Å². The minimum absolute atomic E-state index is 0. The van der Waals surface area contributed by atoms with Gasteiger partial charge in [-0.05, 0) is 31.5 Å². The van der Waals surface area contributed by atoms with E-state index < -0.39 is 5.97 Å². The van der Waals surface area contributed by atoms with Gasteiger partial charge < -0.3 is 15.4 Å². The Labute approximate surface area is 119 Å². The van der Waals surface area contributed by atoms with Gasteiger partial charge >= 0.3 is 5.97 Å². The van der Waals surface area contributed by atoms with Crippen LogP contribution in [-0.4, -0.2) is 37.0 Å². The van der Waals surface area contributed by atoms with Crippen LogP contribution in [0.3, 0.4) is 0 Å². The minimum Gasteiger partial charge on any atom is -0.468 e. The molecule has 0 aliphatic rings. The molecular weight excluding hydrogens is 268 g/mol. The normalized spacial score (nSPS) is 9.42. The monoisotopic (exact) mass is 286 g/mol. The van der Waals surface area contributed by atoms with Crippen LogP contribution in [0.15, 0.2) is 18.2 Å². The maximum atomic E-state index is 12.3. The molecule has 6 heteroatoms. The summed E-state index contributed by atoms with van der Waals surface area (Å²) in [6.07, 6.45) is 0. The third-order valence-electron chi connectivity index (χ3n) is 2.71. The van der Waals surface area contributed by atoms with Gasteiger partial charge in [-0.25, -0.2) is 0 Å². The number of anilines is 1. The largest absolute Gasteiger partial charge is 0.468 e. The summed E-state index contributed by atoms with van der Waals surface area (Å²) >= 11 is 0. The maximum Gasteiger partial charge on any atom is 0.325 e. The van der Waals surface area contributed by atoms with Crippen LogP contribution in [0, 0.1) is 6.92 Å². The first-order chi connectivity index (χ1) is 8.49. The lowest BCUT2D eigenvalue weighted by Crippen LogP contribution is -2.36. The maximum absolute atomic E-state index is 12.3. The molecule has 0 spiro atoms. The summed E-state index contributed by atoms with van der Waals surface area (Å²) in [6, 6.07) is 5.15. The molecule has 0 aromatic heterocycles. The van der Waals surface area contributed by atoms with Gasteiger partial charge in [0.05, 0.1) is 7.11 Å². The Balaban J connectivity index is 0.00000324. The van der Waals surface area contributed by atoms with Crippen LogP contribution in [0.25, 0.3) is 0 Å². The number of aryl methyl sites for hydroxylation is 1. The van der Waals surface area contributed by atoms with Crippen molar-refractivity contribution in [2.75, 3.05) is 25.9 Å². The fraction of sp³-hybridized carbons (Fsp3) is 0.385. The average molecular weight is 287 g/mol. The first-order valence-electron chi connectivity index (χ1n) is 5.71. The number of ether oxygens (including phenoxy) is 1. The Hall–Kier alpha value is -1.75. The Morgan fingerprint density at radius 1 is 1.37 bits per heavy atom. The van der Waals surface area contributed by atoms with E-state index in [1.165, 1.54) is 12.0 Å². The summed E-state index contributed by atoms with van der Waals surface area (Å²) in [6.45, 7) is 4.02. The molecule has 1 amide bonds. The molecule has 2 N–H and O–H groups in total. The molecule has 5 nitrogen and oxygen atoms in total. The van der Waals surface area contributed by atoms with Crippen LogP contribution in [0.1, 0.15) is 22.8 Å². The SMILES string of the molecule is CCN(CC(=O)OC)C(=O)c1cc(N)ccc1C.Cl. The molecule has 19 heavy (non-hydrogen) atoms. The summed E-state index contributed by atoms with van der Waals surface area (Å²) < 4.78 is 4.57. The van der Waals surface area contributed by atoms with E-state index in [9.17, 15) is 9.59 Å². The van der Waals surface area contributed by atoms with Crippen molar-refractivity contribution in [1.29, 1.82) is 0 Å². The van der Waals surface area contributed by atoms with E-state index >= 15 is 0 Å². The van der Waals surface area contributed by atoms with Gasteiger partial charge in [-0.3, -0.25) is 9.59 Å². The summed E-state index contributed by atoms with van der Waals surface area (Å²) in [7, 11) is 1.30. The van der Waals surface area contributed by atoms with Crippen molar-refractivity contribution >= 4 is 30.0 Å². The number of carbonyl (C=O) groups is 2. The van der Waals surface area contributed by atoms with Gasteiger partial charge in [0, 0.05) is 17.8 Å². The second kappa shape index (κ2) is 7.63. The second-order valence-electron chi connectivity index (χ2n) is 3.97. The van der Waals surface area contributed by atoms with Crippen molar-refractivity contribution in [2.24, 2.45) is 0 Å². The summed E-state index contributed by atoms with van der Waals surface area (Å²) in [4.78, 5) is 24.9. The van der Waals surface area contributed by atoms with E-state index in [2.05, 4.69) is 4.74 Å². The number of rotatable bonds is 4. The molecule has 1 rings (SSSR count). The number of likely N-dealkylation sites (N-methyl/N-ethyl adjacent to an activating group) is 1. The summed E-state index contributed by atoms with van der Waals surface area (Å²) in [5.41, 5.74) is 7.54. The standard InChI is InChI=1S/C13H18N2O3.ClH/c1-4-15(8-12(16)18-3)13(17)11-7-10(14)6-5-9(11)2;/h5-7H,4,8,14H2,1-3H3;1H. The lowest BCUT2D eigenvalue weighted by atomic mass is 10.1. The molecule has 1 aromatic carbocycles. The zero-order valence-electron chi connectivity index (χ0n) is 11.3. The lowest BCUT2D eigenvalue weighted by Gasteiger charge is -2.20. The number of methoxy groups -OCH3 is 1. The molecule has 0 saturated heterocycles. The number of hydrogen-bond donors (Lipinski definition) is 1. The zero-order chi connectivity index (χ0) is 13.7. The summed E-state index contributed by atoms with van der Waals surface area (Å²) in [5.74, 6) is -0.653. The number of esters is 1. The van der Waals surface area contributed by atoms with E-state index in [1.807, 2.05) is 13.8 Å². The molecular formula is C13H19ClN2O3. The highest BCUT2D eigenvalue weighted by molar-refractivity contribution is 5.98. The van der Waals surface area contributed by atoms with Crippen LogP contribution in [0.4, 0.5) is 5.69 Å². The van der Waals surface area contributed by atoms with E-state index in [4.69, 9.17) is 5.73 Å². The molecule has 0 atom stereocenters. The van der Waals surface area contributed by atoms with Crippen molar-refractivity contribution in [3.8, 4) is 0 Å². The number of nitrogens with two attached hydrogens (primary N) is 1. The van der Waals surface area contributed by atoms with Gasteiger partial charge in [0.25, 0.3) is 5.91 Å². The third kappa shape index (κ3) is 4.44. The minimum atomic E-state index is -0.438. The van der Waals surface area contributed by atoms with Gasteiger partial charge in [0.15, 0.2) is 0 Å². The Bertz CT molecular complexity index is 463. The first kappa shape index (κ1) is 17.2. The van der Waals surface area contributed by atoms with Crippen molar-refractivity contribution in [3.05, 3.63) is 29.3 Å². The number of nitrogens with zero attached hydrogens (tertiary/aromatic N) is 1. The van der Waals surface area contributed by atoms with Crippen LogP contribution in [0.5, 0.6) is 0 Å². The Kier molecular flexibility index (Phi) is 6.93. The number of nitrogen functional groups attached to an aromatic ring is 1. The van der Waals surface area contributed by atoms with Gasteiger partial charge in [0.2, 0.25) is 0 Å². The smallest absolute Gasteiger partial charge is 0.325 e. The number of amides is 1. The lowest BCUT2D eigenvalue weighted by molar-refractivity contribution is -0.141. The van der Waals surface area contributed by atoms with Gasteiger partial charge in [-0.2, -0.15) is 0 Å². The van der Waals surface area contributed by atoms with Gasteiger partial charge in [-0.1, -0.05) is 6.07 Å². The van der Waals surface area contributed by atoms with Crippen molar-refractivity contribution in [2.45, 2.75) is 13.8 Å². The number of benzene rings is 1. The predicted octanol–water partition coefficient (Wildman–Crippen LogP) is 1.63. The van der Waals surface area contributed by atoms with Gasteiger partial charge in [-0.15, -0.1) is 12.4 Å². The highest BCUT2D eigenvalue weighted by Crippen LogP contribution is 2.15. The van der Waals surface area contributed by atoms with Crippen molar-refractivity contribution in [3.63, 3.8) is 0 Å². The second-order valence-corrected chi connectivity index (χ2v) is 3.97. The number of halogens is 1. The van der Waals surface area contributed by atoms with Crippen LogP contribution >= 0.6 is 12.4 Å². The molecule has 0 aliphatic heterocycles. The highest BCUT2D eigenvalue weighted by Gasteiger charge is 2.19. The molecule has 1 aromatic rings. The van der Waals surface area contributed by atoms with E-state index in [0.29, 0.717) is 17.8 Å². The van der Waals surface area contributed by atoms with Crippen LogP contribution in [0.2, 0.25) is 0 Å². The molecule has 0 heterocycles. The summed E-state index contributed by atoms with van der Waals surface area (Å²) in [5, 5.41) is 0. The third-order valence-corrected chi connectivity index (χ3v) is 2.71. The van der Waals surface area contributed by atoms with Crippen LogP contribution in [-0.2, 0) is 9.53 Å². The molecule has 0 radical (unpaired) electrons. The van der Waals surface area contributed by atoms with Crippen molar-refractivity contribution in [1.82, 2.24) is 4.90 Å². The fourth-order valence-electron chi connectivity index (χ4n) is 1.59. The number of hydrogen-bond acceptors (Lipinski definition) is 4. The molecule has 0 bridgehead atoms. The molecule has 0 saturated carbocycles. The fourth-order valence-corrected chi connectivity index (χ4v) is 1.59. The van der Waals surface area contributed by atoms with Crippen molar-refractivity contribution < 1.29 is 14.3 Å². The van der Waals surface area contributed by atoms with E-state index in [0.717, 1.165) is 5.56 Å². The molecule has 106 valence electrons. The Morgan fingerprint density at radius 2 is 2.00 bits per heavy atom. The quantitative estimate of drug-likeness (QED) is 0.674. The number of carbonyl (C=O) groups excluding carboxylic acids is 2. The van der Waals surface area contributed by atoms with E-state index in [1.54, 1.807) is 18.2 Å². The first-order valence-corrected chi connectivity index (χ1v) is 5.71. The average Bonchev–Trinajstić information content (AvgIpc) is 2.37. The topological polar surface area (TPSA) is 72.6 Å².